The summed E-state index contributed by atoms with van der Waals surface area (Å²) in [4.78, 5) is 14.3. The summed E-state index contributed by atoms with van der Waals surface area (Å²) in [7, 11) is 1.88. The maximum atomic E-state index is 12.4. The highest BCUT2D eigenvalue weighted by atomic mass is 16.3. The number of amides is 1. The number of phenols is 1. The Balaban J connectivity index is 2.17. The maximum absolute atomic E-state index is 12.4. The topological polar surface area (TPSA) is 40.5 Å². The van der Waals surface area contributed by atoms with Gasteiger partial charge in [-0.3, -0.25) is 4.79 Å². The van der Waals surface area contributed by atoms with E-state index in [2.05, 4.69) is 0 Å². The molecule has 1 aromatic carbocycles. The normalized spacial score (nSPS) is 16.6. The van der Waals surface area contributed by atoms with Gasteiger partial charge in [-0.2, -0.15) is 0 Å². The molecule has 0 radical (unpaired) electrons. The predicted octanol–water partition coefficient (Wildman–Crippen LogP) is 3.11. The summed E-state index contributed by atoms with van der Waals surface area (Å²) in [6.07, 6.45) is 5.90. The van der Waals surface area contributed by atoms with Gasteiger partial charge in [0.15, 0.2) is 0 Å². The van der Waals surface area contributed by atoms with Gasteiger partial charge in [-0.1, -0.05) is 25.3 Å². The van der Waals surface area contributed by atoms with Crippen molar-refractivity contribution >= 4 is 5.91 Å². The average molecular weight is 247 g/mol. The van der Waals surface area contributed by atoms with Crippen LogP contribution in [-0.2, 0) is 0 Å². The number of nitrogens with zero attached hydrogens (tertiary/aromatic N) is 1. The summed E-state index contributed by atoms with van der Waals surface area (Å²) in [5.41, 5.74) is 1.29. The highest BCUT2D eigenvalue weighted by Crippen LogP contribution is 2.25. The van der Waals surface area contributed by atoms with Gasteiger partial charge >= 0.3 is 0 Å². The summed E-state index contributed by atoms with van der Waals surface area (Å²) < 4.78 is 0. The van der Waals surface area contributed by atoms with Crippen molar-refractivity contribution in [2.75, 3.05) is 7.05 Å². The molecule has 3 heteroatoms. The number of hydrogen-bond acceptors (Lipinski definition) is 2. The van der Waals surface area contributed by atoms with E-state index in [1.165, 1.54) is 19.3 Å². The number of rotatable bonds is 2. The van der Waals surface area contributed by atoms with Gasteiger partial charge in [0, 0.05) is 24.2 Å². The second-order valence-corrected chi connectivity index (χ2v) is 5.16. The Morgan fingerprint density at radius 3 is 2.61 bits per heavy atom. The van der Waals surface area contributed by atoms with Crippen LogP contribution in [0.4, 0.5) is 0 Å². The zero-order valence-electron chi connectivity index (χ0n) is 11.1. The van der Waals surface area contributed by atoms with E-state index in [4.69, 9.17) is 0 Å². The molecule has 1 aromatic rings. The molecule has 0 bridgehead atoms. The van der Waals surface area contributed by atoms with Gasteiger partial charge in [0.2, 0.25) is 0 Å². The van der Waals surface area contributed by atoms with Gasteiger partial charge in [0.05, 0.1) is 0 Å². The van der Waals surface area contributed by atoms with E-state index < -0.39 is 0 Å². The molecule has 0 saturated heterocycles. The van der Waals surface area contributed by atoms with Crippen molar-refractivity contribution in [1.82, 2.24) is 4.90 Å². The molecule has 2 rings (SSSR count). The van der Waals surface area contributed by atoms with Gasteiger partial charge in [-0.15, -0.1) is 0 Å². The van der Waals surface area contributed by atoms with E-state index >= 15 is 0 Å². The van der Waals surface area contributed by atoms with Crippen molar-refractivity contribution < 1.29 is 9.90 Å². The molecule has 0 aromatic heterocycles. The van der Waals surface area contributed by atoms with Crippen LogP contribution in [0.5, 0.6) is 5.75 Å². The van der Waals surface area contributed by atoms with Gasteiger partial charge in [-0.25, -0.2) is 0 Å². The van der Waals surface area contributed by atoms with E-state index in [-0.39, 0.29) is 11.7 Å². The van der Waals surface area contributed by atoms with Crippen molar-refractivity contribution in [3.05, 3.63) is 29.3 Å². The third-order valence-corrected chi connectivity index (χ3v) is 3.98. The van der Waals surface area contributed by atoms with Crippen LogP contribution in [-0.4, -0.2) is 29.0 Å². The lowest BCUT2D eigenvalue weighted by molar-refractivity contribution is 0.0695. The van der Waals surface area contributed by atoms with Crippen LogP contribution in [0, 0.1) is 6.92 Å². The molecule has 1 saturated carbocycles. The Kier molecular flexibility index (Phi) is 3.90. The first-order chi connectivity index (χ1) is 8.61. The monoisotopic (exact) mass is 247 g/mol. The third-order valence-electron chi connectivity index (χ3n) is 3.98. The third kappa shape index (κ3) is 2.50. The van der Waals surface area contributed by atoms with Crippen LogP contribution in [0.25, 0.3) is 0 Å². The van der Waals surface area contributed by atoms with Crippen molar-refractivity contribution in [1.29, 1.82) is 0 Å². The Hall–Kier alpha value is -1.51. The molecule has 0 unspecified atom stereocenters. The van der Waals surface area contributed by atoms with Crippen molar-refractivity contribution in [2.45, 2.75) is 45.1 Å². The Morgan fingerprint density at radius 2 is 1.94 bits per heavy atom. The van der Waals surface area contributed by atoms with E-state index in [1.807, 2.05) is 11.9 Å². The van der Waals surface area contributed by atoms with Crippen molar-refractivity contribution in [2.24, 2.45) is 0 Å². The molecule has 1 fully saturated rings. The smallest absolute Gasteiger partial charge is 0.254 e. The van der Waals surface area contributed by atoms with Crippen LogP contribution in [0.2, 0.25) is 0 Å². The fraction of sp³-hybridized carbons (Fsp3) is 0.533. The molecular formula is C15H21NO2. The number of phenolic OH excluding ortho intramolecular Hbond substituents is 1. The largest absolute Gasteiger partial charge is 0.508 e. The quantitative estimate of drug-likeness (QED) is 0.872. The molecular weight excluding hydrogens is 226 g/mol. The Labute approximate surface area is 108 Å². The van der Waals surface area contributed by atoms with Crippen LogP contribution < -0.4 is 0 Å². The summed E-state index contributed by atoms with van der Waals surface area (Å²) in [5, 5.41) is 9.67. The first-order valence-corrected chi connectivity index (χ1v) is 6.67. The number of hydrogen-bond donors (Lipinski definition) is 1. The number of carbonyl (C=O) groups is 1. The van der Waals surface area contributed by atoms with E-state index in [1.54, 1.807) is 25.1 Å². The maximum Gasteiger partial charge on any atom is 0.254 e. The van der Waals surface area contributed by atoms with Gasteiger partial charge < -0.3 is 10.0 Å². The molecule has 1 aliphatic carbocycles. The van der Waals surface area contributed by atoms with E-state index in [9.17, 15) is 9.90 Å². The first kappa shape index (κ1) is 12.9. The molecule has 98 valence electrons. The molecule has 0 aliphatic heterocycles. The van der Waals surface area contributed by atoms with Crippen LogP contribution in [0.3, 0.4) is 0 Å². The minimum absolute atomic E-state index is 0.0234. The Bertz CT molecular complexity index is 436. The zero-order chi connectivity index (χ0) is 13.1. The van der Waals surface area contributed by atoms with Crippen LogP contribution in [0.15, 0.2) is 18.2 Å². The second-order valence-electron chi connectivity index (χ2n) is 5.16. The minimum atomic E-state index is 0.0234. The second kappa shape index (κ2) is 5.42. The van der Waals surface area contributed by atoms with Gasteiger partial charge in [0.25, 0.3) is 5.91 Å². The summed E-state index contributed by atoms with van der Waals surface area (Å²) in [6, 6.07) is 5.49. The average Bonchev–Trinajstić information content (AvgIpc) is 2.41. The van der Waals surface area contributed by atoms with E-state index in [0.29, 0.717) is 17.2 Å². The zero-order valence-corrected chi connectivity index (χ0v) is 11.1. The summed E-state index contributed by atoms with van der Waals surface area (Å²) >= 11 is 0. The predicted molar refractivity (Wildman–Crippen MR) is 71.8 cm³/mol. The SMILES string of the molecule is Cc1c(O)cccc1C(=O)N(C)C1CCCCC1. The summed E-state index contributed by atoms with van der Waals surface area (Å²) in [5.74, 6) is 0.216. The highest BCUT2D eigenvalue weighted by Gasteiger charge is 2.24. The molecule has 18 heavy (non-hydrogen) atoms. The first-order valence-electron chi connectivity index (χ1n) is 6.67. The van der Waals surface area contributed by atoms with Crippen LogP contribution in [0.1, 0.15) is 48.0 Å². The minimum Gasteiger partial charge on any atom is -0.508 e. The Morgan fingerprint density at radius 1 is 1.28 bits per heavy atom. The lowest BCUT2D eigenvalue weighted by Crippen LogP contribution is -2.38. The number of benzene rings is 1. The molecule has 0 heterocycles. The molecule has 3 nitrogen and oxygen atoms in total. The van der Waals surface area contributed by atoms with Crippen molar-refractivity contribution in [3.8, 4) is 5.75 Å². The fourth-order valence-corrected chi connectivity index (χ4v) is 2.68. The number of carbonyl (C=O) groups excluding carboxylic acids is 1. The summed E-state index contributed by atoms with van der Waals surface area (Å²) in [6.45, 7) is 1.79. The van der Waals surface area contributed by atoms with Gasteiger partial charge in [0.1, 0.15) is 5.75 Å². The fourth-order valence-electron chi connectivity index (χ4n) is 2.68. The molecule has 0 spiro atoms. The molecule has 1 aliphatic rings. The van der Waals surface area contributed by atoms with Crippen molar-refractivity contribution in [3.63, 3.8) is 0 Å². The number of aromatic hydroxyl groups is 1. The molecule has 0 atom stereocenters. The molecule has 1 amide bonds. The lowest BCUT2D eigenvalue weighted by Gasteiger charge is -2.31. The highest BCUT2D eigenvalue weighted by molar-refractivity contribution is 5.96. The van der Waals surface area contributed by atoms with Crippen LogP contribution >= 0.6 is 0 Å². The van der Waals surface area contributed by atoms with E-state index in [0.717, 1.165) is 12.8 Å². The van der Waals surface area contributed by atoms with Gasteiger partial charge in [-0.05, 0) is 31.9 Å². The molecule has 1 N–H and O–H groups in total. The lowest BCUT2D eigenvalue weighted by atomic mass is 9.94. The standard InChI is InChI=1S/C15H21NO2/c1-11-13(9-6-10-14(11)17)15(18)16(2)12-7-4-3-5-8-12/h6,9-10,12,17H,3-5,7-8H2,1-2H3.